The zero-order chi connectivity index (χ0) is 16.9. The van der Waals surface area contributed by atoms with Crippen LogP contribution in [0, 0.1) is 0 Å². The predicted octanol–water partition coefficient (Wildman–Crippen LogP) is 2.56. The number of cyclic esters (lactones) is 1. The first-order valence-electron chi connectivity index (χ1n) is 8.30. The van der Waals surface area contributed by atoms with Gasteiger partial charge in [0.2, 0.25) is 0 Å². The largest absolute Gasteiger partial charge is 0.458 e. The van der Waals surface area contributed by atoms with Crippen LogP contribution in [0.2, 0.25) is 0 Å². The Balaban J connectivity index is 2.17. The second-order valence-corrected chi connectivity index (χ2v) is 6.40. The van der Waals surface area contributed by atoms with E-state index in [2.05, 4.69) is 6.92 Å². The van der Waals surface area contributed by atoms with Crippen molar-refractivity contribution in [3.8, 4) is 0 Å². The van der Waals surface area contributed by atoms with E-state index < -0.39 is 11.9 Å². The van der Waals surface area contributed by atoms with E-state index in [0.29, 0.717) is 12.8 Å². The molecule has 6 heteroatoms. The van der Waals surface area contributed by atoms with E-state index >= 15 is 0 Å². The summed E-state index contributed by atoms with van der Waals surface area (Å²) < 4.78 is 28.0. The molecule has 132 valence electrons. The molecule has 0 aromatic carbocycles. The molecule has 0 aliphatic carbocycles. The maximum absolute atomic E-state index is 12.4. The average Bonchev–Trinajstić information content (AvgIpc) is 2.80. The first-order valence-corrected chi connectivity index (χ1v) is 8.30. The van der Waals surface area contributed by atoms with Gasteiger partial charge in [-0.15, -0.1) is 0 Å². The Hall–Kier alpha value is -0.950. The fraction of sp³-hybridized carbons (Fsp3) is 0.824. The van der Waals surface area contributed by atoms with Crippen molar-refractivity contribution in [3.05, 3.63) is 12.2 Å². The lowest BCUT2D eigenvalue weighted by molar-refractivity contribution is -0.185. The van der Waals surface area contributed by atoms with Gasteiger partial charge in [-0.1, -0.05) is 25.5 Å². The van der Waals surface area contributed by atoms with Gasteiger partial charge in [0.05, 0.1) is 0 Å². The maximum atomic E-state index is 12.4. The molecule has 1 saturated heterocycles. The minimum atomic E-state index is -0.682. The van der Waals surface area contributed by atoms with Crippen molar-refractivity contribution in [3.63, 3.8) is 0 Å². The van der Waals surface area contributed by atoms with E-state index in [0.717, 1.165) is 12.8 Å². The third-order valence-electron chi connectivity index (χ3n) is 3.94. The van der Waals surface area contributed by atoms with Crippen LogP contribution < -0.4 is 0 Å². The standard InChI is InChI=1S/C17H28O6/c1-5-8-12-15-13(22-17(2,3)23-15)9-6-7-10-14(16(18)21-12)20-11-19-4/h6,9,12-15H,5,7-8,10-11H2,1-4H3/b9-6+/t12-,13-,14?,15-/m1/s1. The molecule has 0 saturated carbocycles. The van der Waals surface area contributed by atoms with Gasteiger partial charge in [0.15, 0.2) is 11.9 Å². The van der Waals surface area contributed by atoms with Crippen molar-refractivity contribution < 1.29 is 28.5 Å². The number of rotatable bonds is 5. The zero-order valence-corrected chi connectivity index (χ0v) is 14.4. The van der Waals surface area contributed by atoms with Gasteiger partial charge < -0.3 is 23.7 Å². The molecule has 2 aliphatic heterocycles. The molecule has 0 aromatic heterocycles. The average molecular weight is 328 g/mol. The smallest absolute Gasteiger partial charge is 0.335 e. The number of carbonyl (C=O) groups is 1. The Labute approximate surface area is 138 Å². The summed E-state index contributed by atoms with van der Waals surface area (Å²) in [5, 5.41) is 0. The third-order valence-corrected chi connectivity index (χ3v) is 3.94. The summed E-state index contributed by atoms with van der Waals surface area (Å²) in [5.74, 6) is -1.04. The fourth-order valence-electron chi connectivity index (χ4n) is 2.95. The lowest BCUT2D eigenvalue weighted by Gasteiger charge is -2.28. The number of carbonyl (C=O) groups excluding carboxylic acids is 1. The van der Waals surface area contributed by atoms with Gasteiger partial charge in [-0.25, -0.2) is 4.79 Å². The number of ether oxygens (including phenoxy) is 5. The van der Waals surface area contributed by atoms with Crippen LogP contribution in [0.15, 0.2) is 12.2 Å². The summed E-state index contributed by atoms with van der Waals surface area (Å²) >= 11 is 0. The number of hydrogen-bond donors (Lipinski definition) is 0. The van der Waals surface area contributed by atoms with E-state index in [1.165, 1.54) is 7.11 Å². The molecule has 0 bridgehead atoms. The first kappa shape index (κ1) is 18.4. The van der Waals surface area contributed by atoms with Gasteiger partial charge in [-0.05, 0) is 33.1 Å². The van der Waals surface area contributed by atoms with E-state index in [-0.39, 0.29) is 31.1 Å². The Morgan fingerprint density at radius 3 is 2.83 bits per heavy atom. The first-order chi connectivity index (χ1) is 11.0. The Morgan fingerprint density at radius 2 is 2.13 bits per heavy atom. The van der Waals surface area contributed by atoms with Gasteiger partial charge in [0.25, 0.3) is 0 Å². The highest BCUT2D eigenvalue weighted by Gasteiger charge is 2.45. The molecule has 6 nitrogen and oxygen atoms in total. The van der Waals surface area contributed by atoms with E-state index in [1.807, 2.05) is 26.0 Å². The summed E-state index contributed by atoms with van der Waals surface area (Å²) in [7, 11) is 1.53. The molecule has 0 radical (unpaired) electrons. The van der Waals surface area contributed by atoms with E-state index in [4.69, 9.17) is 23.7 Å². The van der Waals surface area contributed by atoms with Gasteiger partial charge in [-0.2, -0.15) is 0 Å². The summed E-state index contributed by atoms with van der Waals surface area (Å²) in [6.45, 7) is 5.88. The third kappa shape index (κ3) is 5.01. The highest BCUT2D eigenvalue weighted by atomic mass is 16.8. The van der Waals surface area contributed by atoms with Crippen LogP contribution in [-0.2, 0) is 28.5 Å². The molecule has 4 atom stereocenters. The van der Waals surface area contributed by atoms with Gasteiger partial charge in [0, 0.05) is 7.11 Å². The fourth-order valence-corrected chi connectivity index (χ4v) is 2.95. The van der Waals surface area contributed by atoms with Crippen LogP contribution in [-0.4, -0.2) is 50.1 Å². The molecule has 0 spiro atoms. The molecular formula is C17H28O6. The zero-order valence-electron chi connectivity index (χ0n) is 14.4. The van der Waals surface area contributed by atoms with Crippen LogP contribution in [0.1, 0.15) is 46.5 Å². The molecule has 2 rings (SSSR count). The van der Waals surface area contributed by atoms with Crippen molar-refractivity contribution in [1.29, 1.82) is 0 Å². The molecule has 2 heterocycles. The Morgan fingerprint density at radius 1 is 1.35 bits per heavy atom. The van der Waals surface area contributed by atoms with Gasteiger partial charge >= 0.3 is 5.97 Å². The topological polar surface area (TPSA) is 63.2 Å². The number of fused-ring (bicyclic) bond motifs is 1. The Bertz CT molecular complexity index is 419. The van der Waals surface area contributed by atoms with Crippen molar-refractivity contribution in [1.82, 2.24) is 0 Å². The molecule has 2 aliphatic rings. The lowest BCUT2D eigenvalue weighted by Crippen LogP contribution is -2.41. The molecular weight excluding hydrogens is 300 g/mol. The number of esters is 1. The van der Waals surface area contributed by atoms with E-state index in [1.54, 1.807) is 0 Å². The molecule has 0 N–H and O–H groups in total. The monoisotopic (exact) mass is 328 g/mol. The van der Waals surface area contributed by atoms with Gasteiger partial charge in [-0.3, -0.25) is 0 Å². The summed E-state index contributed by atoms with van der Waals surface area (Å²) in [6.07, 6.45) is 5.42. The van der Waals surface area contributed by atoms with Crippen LogP contribution in [0.4, 0.5) is 0 Å². The van der Waals surface area contributed by atoms with Crippen LogP contribution >= 0.6 is 0 Å². The second kappa shape index (κ2) is 8.24. The van der Waals surface area contributed by atoms with Crippen LogP contribution in [0.25, 0.3) is 0 Å². The minimum Gasteiger partial charge on any atom is -0.458 e. The van der Waals surface area contributed by atoms with Crippen molar-refractivity contribution in [2.24, 2.45) is 0 Å². The SMILES string of the molecule is CCC[C@H]1OC(=O)C(OCOC)CC/C=C/[C@H]2OC(C)(C)O[C@@H]21. The number of methoxy groups -OCH3 is 1. The molecule has 23 heavy (non-hydrogen) atoms. The van der Waals surface area contributed by atoms with Crippen molar-refractivity contribution >= 4 is 5.97 Å². The normalized spacial score (nSPS) is 35.4. The van der Waals surface area contributed by atoms with Gasteiger partial charge in [0.1, 0.15) is 25.1 Å². The molecule has 1 unspecified atom stereocenters. The number of allylic oxidation sites excluding steroid dienone is 1. The highest BCUT2D eigenvalue weighted by Crippen LogP contribution is 2.34. The lowest BCUT2D eigenvalue weighted by atomic mass is 10.0. The van der Waals surface area contributed by atoms with Crippen LogP contribution in [0.5, 0.6) is 0 Å². The van der Waals surface area contributed by atoms with Crippen LogP contribution in [0.3, 0.4) is 0 Å². The molecule has 0 amide bonds. The maximum Gasteiger partial charge on any atom is 0.335 e. The van der Waals surface area contributed by atoms with Crippen molar-refractivity contribution in [2.45, 2.75) is 76.7 Å². The molecule has 1 fully saturated rings. The minimum absolute atomic E-state index is 0.0701. The van der Waals surface area contributed by atoms with E-state index in [9.17, 15) is 4.79 Å². The summed E-state index contributed by atoms with van der Waals surface area (Å²) in [6, 6.07) is 0. The highest BCUT2D eigenvalue weighted by molar-refractivity contribution is 5.75. The van der Waals surface area contributed by atoms with Crippen molar-refractivity contribution in [2.75, 3.05) is 13.9 Å². The Kier molecular flexibility index (Phi) is 6.59. The summed E-state index contributed by atoms with van der Waals surface area (Å²) in [4.78, 5) is 12.4. The molecule has 0 aromatic rings. The quantitative estimate of drug-likeness (QED) is 0.439. The summed E-state index contributed by atoms with van der Waals surface area (Å²) in [5.41, 5.74) is 0. The predicted molar refractivity (Wildman–Crippen MR) is 83.7 cm³/mol. The number of hydrogen-bond acceptors (Lipinski definition) is 6. The second-order valence-electron chi connectivity index (χ2n) is 6.40.